The first-order chi connectivity index (χ1) is 12.2. The summed E-state index contributed by atoms with van der Waals surface area (Å²) in [6.45, 7) is 6.01. The average molecular weight is 339 g/mol. The van der Waals surface area contributed by atoms with E-state index in [9.17, 15) is 5.11 Å². The molecule has 0 amide bonds. The molecule has 0 bridgehead atoms. The lowest BCUT2D eigenvalue weighted by atomic mass is 9.88. The van der Waals surface area contributed by atoms with Crippen molar-refractivity contribution < 1.29 is 9.84 Å². The number of rotatable bonds is 6. The summed E-state index contributed by atoms with van der Waals surface area (Å²) in [6, 6.07) is 18.7. The normalized spacial score (nSPS) is 23.6. The average Bonchev–Trinajstić information content (AvgIpc) is 2.64. The zero-order valence-electron chi connectivity index (χ0n) is 15.3. The van der Waals surface area contributed by atoms with Crippen LogP contribution in [0.2, 0.25) is 0 Å². The molecule has 1 N–H and O–H groups in total. The van der Waals surface area contributed by atoms with E-state index in [1.165, 1.54) is 5.56 Å². The number of para-hydroxylation sites is 1. The maximum absolute atomic E-state index is 11.0. The number of likely N-dealkylation sites (N-methyl/N-ethyl adjacent to an activating group) is 1. The Bertz CT molecular complexity index is 658. The van der Waals surface area contributed by atoms with Gasteiger partial charge in [-0.2, -0.15) is 0 Å². The fourth-order valence-corrected chi connectivity index (χ4v) is 3.78. The molecule has 0 saturated heterocycles. The largest absolute Gasteiger partial charge is 0.487 e. The van der Waals surface area contributed by atoms with Gasteiger partial charge in [0.25, 0.3) is 0 Å². The Morgan fingerprint density at radius 3 is 2.48 bits per heavy atom. The summed E-state index contributed by atoms with van der Waals surface area (Å²) < 4.78 is 6.20. The van der Waals surface area contributed by atoms with Gasteiger partial charge in [-0.05, 0) is 49.9 Å². The summed E-state index contributed by atoms with van der Waals surface area (Å²) in [6.07, 6.45) is 2.43. The molecule has 2 aromatic rings. The summed E-state index contributed by atoms with van der Waals surface area (Å²) in [4.78, 5) is 2.38. The third-order valence-corrected chi connectivity index (χ3v) is 5.24. The van der Waals surface area contributed by atoms with Gasteiger partial charge < -0.3 is 9.84 Å². The number of hydrogen-bond acceptors (Lipinski definition) is 3. The minimum absolute atomic E-state index is 0.135. The number of aliphatic hydroxyl groups excluding tert-OH is 1. The van der Waals surface area contributed by atoms with Crippen LogP contribution in [0.5, 0.6) is 5.75 Å². The zero-order chi connectivity index (χ0) is 17.6. The van der Waals surface area contributed by atoms with Gasteiger partial charge in [-0.1, -0.05) is 55.5 Å². The predicted octanol–water partition coefficient (Wildman–Crippen LogP) is 4.18. The molecule has 0 aromatic heterocycles. The van der Waals surface area contributed by atoms with Crippen LogP contribution in [0.1, 0.15) is 37.3 Å². The van der Waals surface area contributed by atoms with Crippen LogP contribution in [0, 0.1) is 6.92 Å². The van der Waals surface area contributed by atoms with Crippen LogP contribution in [0.3, 0.4) is 0 Å². The van der Waals surface area contributed by atoms with Crippen LogP contribution in [0.15, 0.2) is 54.6 Å². The molecule has 3 heteroatoms. The van der Waals surface area contributed by atoms with Crippen molar-refractivity contribution in [1.82, 2.24) is 4.90 Å². The number of hydrogen-bond donors (Lipinski definition) is 1. The Labute approximate surface area is 151 Å². The molecule has 1 fully saturated rings. The fraction of sp³-hybridized carbons (Fsp3) is 0.455. The second kappa shape index (κ2) is 8.50. The molecule has 1 aliphatic rings. The summed E-state index contributed by atoms with van der Waals surface area (Å²) in [5.41, 5.74) is 2.41. The lowest BCUT2D eigenvalue weighted by Crippen LogP contribution is -2.52. The van der Waals surface area contributed by atoms with Crippen molar-refractivity contribution in [1.29, 1.82) is 0 Å². The van der Waals surface area contributed by atoms with Gasteiger partial charge in [-0.3, -0.25) is 4.90 Å². The van der Waals surface area contributed by atoms with Crippen molar-refractivity contribution in [2.45, 2.75) is 57.9 Å². The predicted molar refractivity (Wildman–Crippen MR) is 102 cm³/mol. The van der Waals surface area contributed by atoms with E-state index in [0.717, 1.165) is 43.7 Å². The van der Waals surface area contributed by atoms with Gasteiger partial charge in [0.1, 0.15) is 18.0 Å². The van der Waals surface area contributed by atoms with Crippen LogP contribution >= 0.6 is 0 Å². The highest BCUT2D eigenvalue weighted by Gasteiger charge is 2.36. The molecular weight excluding hydrogens is 310 g/mol. The first kappa shape index (κ1) is 18.0. The minimum atomic E-state index is -0.461. The molecular formula is C22H29NO2. The molecule has 0 unspecified atom stereocenters. The lowest BCUT2D eigenvalue weighted by molar-refractivity contribution is -0.0548. The lowest BCUT2D eigenvalue weighted by Gasteiger charge is -2.41. The molecule has 134 valence electrons. The molecule has 0 radical (unpaired) electrons. The van der Waals surface area contributed by atoms with Gasteiger partial charge in [0.2, 0.25) is 0 Å². The standard InChI is InChI=1S/C22H29NO2/c1-3-23(16-18-11-5-4-6-12-18)19-13-9-15-21(22(19)24)25-20-14-8-7-10-17(20)2/h4-8,10-12,14,19,21-22,24H,3,9,13,15-16H2,1-2H3/t19-,21+,22+/m0/s1. The van der Waals surface area contributed by atoms with E-state index in [4.69, 9.17) is 4.74 Å². The molecule has 2 aromatic carbocycles. The fourth-order valence-electron chi connectivity index (χ4n) is 3.78. The third-order valence-electron chi connectivity index (χ3n) is 5.24. The smallest absolute Gasteiger partial charge is 0.126 e. The number of aryl methyl sites for hydroxylation is 1. The van der Waals surface area contributed by atoms with Crippen LogP contribution in [-0.2, 0) is 6.54 Å². The summed E-state index contributed by atoms with van der Waals surface area (Å²) in [5, 5.41) is 11.0. The van der Waals surface area contributed by atoms with Crippen molar-refractivity contribution in [3.8, 4) is 5.75 Å². The van der Waals surface area contributed by atoms with E-state index in [1.807, 2.05) is 24.3 Å². The zero-order valence-corrected chi connectivity index (χ0v) is 15.3. The Morgan fingerprint density at radius 2 is 1.76 bits per heavy atom. The number of nitrogens with zero attached hydrogens (tertiary/aromatic N) is 1. The molecule has 3 atom stereocenters. The first-order valence-corrected chi connectivity index (χ1v) is 9.37. The maximum atomic E-state index is 11.0. The molecule has 0 spiro atoms. The number of benzene rings is 2. The summed E-state index contributed by atoms with van der Waals surface area (Å²) >= 11 is 0. The second-order valence-corrected chi connectivity index (χ2v) is 6.96. The van der Waals surface area contributed by atoms with Crippen molar-refractivity contribution >= 4 is 0 Å². The minimum Gasteiger partial charge on any atom is -0.487 e. The van der Waals surface area contributed by atoms with Crippen molar-refractivity contribution in [2.75, 3.05) is 6.54 Å². The van der Waals surface area contributed by atoms with E-state index in [1.54, 1.807) is 0 Å². The SMILES string of the molecule is CCN(Cc1ccccc1)[C@H]1CCC[C@@H](Oc2ccccc2C)[C@@H]1O. The van der Waals surface area contributed by atoms with Crippen molar-refractivity contribution in [3.05, 3.63) is 65.7 Å². The van der Waals surface area contributed by atoms with Crippen molar-refractivity contribution in [3.63, 3.8) is 0 Å². The maximum Gasteiger partial charge on any atom is 0.126 e. The quantitative estimate of drug-likeness (QED) is 0.857. The highest BCUT2D eigenvalue weighted by molar-refractivity contribution is 5.32. The number of ether oxygens (including phenoxy) is 1. The molecule has 0 aliphatic heterocycles. The Morgan fingerprint density at radius 1 is 1.04 bits per heavy atom. The number of aliphatic hydroxyl groups is 1. The van der Waals surface area contributed by atoms with Gasteiger partial charge >= 0.3 is 0 Å². The van der Waals surface area contributed by atoms with Crippen molar-refractivity contribution in [2.24, 2.45) is 0 Å². The molecule has 25 heavy (non-hydrogen) atoms. The van der Waals surface area contributed by atoms with Crippen LogP contribution in [-0.4, -0.2) is 34.8 Å². The van der Waals surface area contributed by atoms with Crippen LogP contribution in [0.4, 0.5) is 0 Å². The molecule has 1 aliphatic carbocycles. The highest BCUT2D eigenvalue weighted by atomic mass is 16.5. The monoisotopic (exact) mass is 339 g/mol. The van der Waals surface area contributed by atoms with Gasteiger partial charge in [-0.15, -0.1) is 0 Å². The van der Waals surface area contributed by atoms with Crippen LogP contribution in [0.25, 0.3) is 0 Å². The second-order valence-electron chi connectivity index (χ2n) is 6.96. The molecule has 0 heterocycles. The van der Waals surface area contributed by atoms with Gasteiger partial charge in [0, 0.05) is 12.6 Å². The highest BCUT2D eigenvalue weighted by Crippen LogP contribution is 2.29. The van der Waals surface area contributed by atoms with E-state index >= 15 is 0 Å². The molecule has 3 rings (SSSR count). The van der Waals surface area contributed by atoms with Gasteiger partial charge in [-0.25, -0.2) is 0 Å². The third kappa shape index (κ3) is 4.42. The Kier molecular flexibility index (Phi) is 6.11. The first-order valence-electron chi connectivity index (χ1n) is 9.37. The van der Waals surface area contributed by atoms with Gasteiger partial charge in [0.05, 0.1) is 0 Å². The van der Waals surface area contributed by atoms with Gasteiger partial charge in [0.15, 0.2) is 0 Å². The van der Waals surface area contributed by atoms with Crippen LogP contribution < -0.4 is 4.74 Å². The van der Waals surface area contributed by atoms with E-state index in [-0.39, 0.29) is 12.1 Å². The Balaban J connectivity index is 1.70. The van der Waals surface area contributed by atoms with E-state index in [0.29, 0.717) is 0 Å². The summed E-state index contributed by atoms with van der Waals surface area (Å²) in [5.74, 6) is 0.887. The molecule has 3 nitrogen and oxygen atoms in total. The Hall–Kier alpha value is -1.84. The van der Waals surface area contributed by atoms with E-state index in [2.05, 4.69) is 49.1 Å². The molecule has 1 saturated carbocycles. The summed E-state index contributed by atoms with van der Waals surface area (Å²) in [7, 11) is 0. The topological polar surface area (TPSA) is 32.7 Å². The van der Waals surface area contributed by atoms with E-state index < -0.39 is 6.10 Å².